The summed E-state index contributed by atoms with van der Waals surface area (Å²) in [6.07, 6.45) is 0.610. The minimum atomic E-state index is -0.517. The Bertz CT molecular complexity index is 513. The smallest absolute Gasteiger partial charge is 0.319 e. The molecule has 1 heterocycles. The van der Waals surface area contributed by atoms with Gasteiger partial charge in [-0.1, -0.05) is 32.0 Å². The van der Waals surface area contributed by atoms with E-state index in [2.05, 4.69) is 10.6 Å². The summed E-state index contributed by atoms with van der Waals surface area (Å²) in [6.45, 7) is 6.34. The average Bonchev–Trinajstić information content (AvgIpc) is 2.55. The molecular formula is C17H25N3O3. The van der Waals surface area contributed by atoms with Crippen molar-refractivity contribution in [3.63, 3.8) is 0 Å². The molecule has 0 bridgehead atoms. The first-order valence-electron chi connectivity index (χ1n) is 8.05. The Hall–Kier alpha value is -2.08. The van der Waals surface area contributed by atoms with Crippen molar-refractivity contribution in [2.24, 2.45) is 5.92 Å². The number of hydrogen-bond acceptors (Lipinski definition) is 3. The summed E-state index contributed by atoms with van der Waals surface area (Å²) in [6, 6.07) is 8.31. The monoisotopic (exact) mass is 319 g/mol. The number of para-hydroxylation sites is 1. The van der Waals surface area contributed by atoms with Crippen LogP contribution in [0.3, 0.4) is 0 Å². The molecule has 2 rings (SSSR count). The third-order valence-electron chi connectivity index (χ3n) is 3.66. The highest BCUT2D eigenvalue weighted by atomic mass is 16.5. The number of nitrogens with one attached hydrogen (secondary N) is 2. The fourth-order valence-corrected chi connectivity index (χ4v) is 2.54. The van der Waals surface area contributed by atoms with Crippen LogP contribution >= 0.6 is 0 Å². The Kier molecular flexibility index (Phi) is 6.40. The van der Waals surface area contributed by atoms with Gasteiger partial charge < -0.3 is 20.3 Å². The number of hydrogen-bond donors (Lipinski definition) is 2. The summed E-state index contributed by atoms with van der Waals surface area (Å²) in [4.78, 5) is 26.6. The van der Waals surface area contributed by atoms with E-state index in [-0.39, 0.29) is 11.9 Å². The molecule has 0 aromatic heterocycles. The Labute approximate surface area is 137 Å². The molecule has 3 amide bonds. The van der Waals surface area contributed by atoms with Gasteiger partial charge in [0.2, 0.25) is 5.91 Å². The van der Waals surface area contributed by atoms with E-state index < -0.39 is 6.04 Å². The highest BCUT2D eigenvalue weighted by Crippen LogP contribution is 2.11. The largest absolute Gasteiger partial charge is 0.378 e. The predicted octanol–water partition coefficient (Wildman–Crippen LogP) is 2.08. The molecule has 1 aliphatic heterocycles. The van der Waals surface area contributed by atoms with Crippen LogP contribution in [-0.4, -0.2) is 49.2 Å². The number of rotatable bonds is 5. The van der Waals surface area contributed by atoms with Crippen molar-refractivity contribution in [1.29, 1.82) is 0 Å². The van der Waals surface area contributed by atoms with E-state index >= 15 is 0 Å². The summed E-state index contributed by atoms with van der Waals surface area (Å²) in [7, 11) is 0. The Morgan fingerprint density at radius 3 is 2.43 bits per heavy atom. The van der Waals surface area contributed by atoms with Crippen LogP contribution in [0.5, 0.6) is 0 Å². The number of morpholine rings is 1. The first-order chi connectivity index (χ1) is 11.1. The van der Waals surface area contributed by atoms with Crippen LogP contribution in [0.1, 0.15) is 20.3 Å². The summed E-state index contributed by atoms with van der Waals surface area (Å²) in [5, 5.41) is 5.57. The molecule has 0 saturated carbocycles. The second-order valence-electron chi connectivity index (χ2n) is 6.08. The van der Waals surface area contributed by atoms with E-state index in [4.69, 9.17) is 4.74 Å². The maximum atomic E-state index is 12.6. The molecule has 2 N–H and O–H groups in total. The van der Waals surface area contributed by atoms with Crippen molar-refractivity contribution in [3.8, 4) is 0 Å². The number of anilines is 1. The third kappa shape index (κ3) is 5.56. The lowest BCUT2D eigenvalue weighted by Gasteiger charge is -2.31. The van der Waals surface area contributed by atoms with Gasteiger partial charge in [-0.15, -0.1) is 0 Å². The van der Waals surface area contributed by atoms with Gasteiger partial charge in [0, 0.05) is 18.8 Å². The van der Waals surface area contributed by atoms with E-state index in [1.165, 1.54) is 0 Å². The number of benzene rings is 1. The molecule has 0 radical (unpaired) electrons. The summed E-state index contributed by atoms with van der Waals surface area (Å²) < 4.78 is 5.28. The topological polar surface area (TPSA) is 70.7 Å². The van der Waals surface area contributed by atoms with Crippen molar-refractivity contribution < 1.29 is 14.3 Å². The van der Waals surface area contributed by atoms with Crippen molar-refractivity contribution in [2.75, 3.05) is 31.6 Å². The van der Waals surface area contributed by atoms with Gasteiger partial charge in [0.1, 0.15) is 6.04 Å². The molecule has 6 heteroatoms. The van der Waals surface area contributed by atoms with Crippen molar-refractivity contribution in [2.45, 2.75) is 26.3 Å². The maximum absolute atomic E-state index is 12.6. The van der Waals surface area contributed by atoms with Crippen LogP contribution in [0, 0.1) is 5.92 Å². The summed E-state index contributed by atoms with van der Waals surface area (Å²) in [5.74, 6) is 0.271. The number of carbonyl (C=O) groups is 2. The molecule has 1 aliphatic rings. The predicted molar refractivity (Wildman–Crippen MR) is 89.2 cm³/mol. The minimum Gasteiger partial charge on any atom is -0.378 e. The zero-order valence-corrected chi connectivity index (χ0v) is 13.7. The van der Waals surface area contributed by atoms with Gasteiger partial charge in [0.25, 0.3) is 0 Å². The van der Waals surface area contributed by atoms with E-state index in [9.17, 15) is 9.59 Å². The minimum absolute atomic E-state index is 0.0368. The van der Waals surface area contributed by atoms with Crippen LogP contribution < -0.4 is 10.6 Å². The number of carbonyl (C=O) groups excluding carboxylic acids is 2. The van der Waals surface area contributed by atoms with Gasteiger partial charge in [-0.2, -0.15) is 0 Å². The number of amides is 3. The maximum Gasteiger partial charge on any atom is 0.319 e. The third-order valence-corrected chi connectivity index (χ3v) is 3.66. The first-order valence-corrected chi connectivity index (χ1v) is 8.05. The van der Waals surface area contributed by atoms with E-state index in [0.29, 0.717) is 44.3 Å². The Balaban J connectivity index is 1.96. The molecule has 1 aromatic rings. The molecular weight excluding hydrogens is 294 g/mol. The summed E-state index contributed by atoms with van der Waals surface area (Å²) >= 11 is 0. The lowest BCUT2D eigenvalue weighted by molar-refractivity contribution is -0.137. The molecule has 1 atom stereocenters. The van der Waals surface area contributed by atoms with Gasteiger partial charge in [-0.05, 0) is 24.5 Å². The van der Waals surface area contributed by atoms with Crippen LogP contribution in [0.4, 0.5) is 10.5 Å². The number of urea groups is 1. The Morgan fingerprint density at radius 2 is 1.83 bits per heavy atom. The quantitative estimate of drug-likeness (QED) is 0.873. The second kappa shape index (κ2) is 8.53. The molecule has 1 saturated heterocycles. The molecule has 1 fully saturated rings. The van der Waals surface area contributed by atoms with Gasteiger partial charge in [-0.3, -0.25) is 4.79 Å². The molecule has 126 valence electrons. The van der Waals surface area contributed by atoms with Crippen molar-refractivity contribution in [3.05, 3.63) is 30.3 Å². The molecule has 6 nitrogen and oxygen atoms in total. The highest BCUT2D eigenvalue weighted by Gasteiger charge is 2.27. The lowest BCUT2D eigenvalue weighted by atomic mass is 10.0. The van der Waals surface area contributed by atoms with Crippen LogP contribution in [-0.2, 0) is 9.53 Å². The van der Waals surface area contributed by atoms with E-state index in [1.807, 2.05) is 32.0 Å². The number of nitrogens with zero attached hydrogens (tertiary/aromatic N) is 1. The SMILES string of the molecule is CC(C)C[C@@H](NC(=O)Nc1ccccc1)C(=O)N1CCOCC1. The highest BCUT2D eigenvalue weighted by molar-refractivity contribution is 5.93. The van der Waals surface area contributed by atoms with Gasteiger partial charge in [0.15, 0.2) is 0 Å². The normalized spacial score (nSPS) is 16.0. The fraction of sp³-hybridized carbons (Fsp3) is 0.529. The van der Waals surface area contributed by atoms with Crippen LogP contribution in [0.25, 0.3) is 0 Å². The van der Waals surface area contributed by atoms with Gasteiger partial charge in [0.05, 0.1) is 13.2 Å². The zero-order chi connectivity index (χ0) is 16.7. The molecule has 1 aromatic carbocycles. The summed E-state index contributed by atoms with van der Waals surface area (Å²) in [5.41, 5.74) is 0.701. The second-order valence-corrected chi connectivity index (χ2v) is 6.08. The zero-order valence-electron chi connectivity index (χ0n) is 13.7. The Morgan fingerprint density at radius 1 is 1.17 bits per heavy atom. The van der Waals surface area contributed by atoms with E-state index in [1.54, 1.807) is 17.0 Å². The lowest BCUT2D eigenvalue weighted by Crippen LogP contribution is -2.52. The number of ether oxygens (including phenoxy) is 1. The van der Waals surface area contributed by atoms with Crippen molar-refractivity contribution in [1.82, 2.24) is 10.2 Å². The van der Waals surface area contributed by atoms with Crippen molar-refractivity contribution >= 4 is 17.6 Å². The fourth-order valence-electron chi connectivity index (χ4n) is 2.54. The van der Waals surface area contributed by atoms with E-state index in [0.717, 1.165) is 0 Å². The molecule has 0 spiro atoms. The van der Waals surface area contributed by atoms with Crippen LogP contribution in [0.2, 0.25) is 0 Å². The first kappa shape index (κ1) is 17.3. The van der Waals surface area contributed by atoms with Gasteiger partial charge in [-0.25, -0.2) is 4.79 Å². The molecule has 0 aliphatic carbocycles. The standard InChI is InChI=1S/C17H25N3O3/c1-13(2)12-15(16(21)20-8-10-23-11-9-20)19-17(22)18-14-6-4-3-5-7-14/h3-7,13,15H,8-12H2,1-2H3,(H2,18,19,22)/t15-/m1/s1. The molecule has 23 heavy (non-hydrogen) atoms. The average molecular weight is 319 g/mol. The molecule has 0 unspecified atom stereocenters. The van der Waals surface area contributed by atoms with Gasteiger partial charge >= 0.3 is 6.03 Å². The van der Waals surface area contributed by atoms with Crippen LogP contribution in [0.15, 0.2) is 30.3 Å².